The number of esters is 1. The highest BCUT2D eigenvalue weighted by molar-refractivity contribution is 6.07. The fourth-order valence-corrected chi connectivity index (χ4v) is 4.21. The van der Waals surface area contributed by atoms with Crippen LogP contribution in [0.3, 0.4) is 0 Å². The van der Waals surface area contributed by atoms with Crippen LogP contribution in [-0.4, -0.2) is 40.9 Å². The number of carbonyl (C=O) groups excluding carboxylic acids is 3. The van der Waals surface area contributed by atoms with Crippen molar-refractivity contribution in [3.8, 4) is 5.75 Å². The maximum absolute atomic E-state index is 12.5. The number of likely N-dealkylation sites (tertiary alicyclic amines) is 1. The molecule has 154 valence electrons. The lowest BCUT2D eigenvalue weighted by Gasteiger charge is -2.20. The number of amides is 2. The highest BCUT2D eigenvalue weighted by atomic mass is 16.7. The fourth-order valence-electron chi connectivity index (χ4n) is 4.21. The Kier molecular flexibility index (Phi) is 5.18. The summed E-state index contributed by atoms with van der Waals surface area (Å²) in [7, 11) is 0. The van der Waals surface area contributed by atoms with E-state index in [0.717, 1.165) is 17.7 Å². The van der Waals surface area contributed by atoms with E-state index in [9.17, 15) is 24.5 Å². The number of ether oxygens (including phenoxy) is 3. The lowest BCUT2D eigenvalue weighted by atomic mass is 9.81. The zero-order valence-corrected chi connectivity index (χ0v) is 15.6. The monoisotopic (exact) mass is 404 g/mol. The van der Waals surface area contributed by atoms with Gasteiger partial charge in [0.1, 0.15) is 18.9 Å². The molecule has 2 fully saturated rings. The quantitative estimate of drug-likeness (QED) is 0.314. The minimum Gasteiger partial charge on any atom is -0.467 e. The van der Waals surface area contributed by atoms with Crippen molar-refractivity contribution in [3.05, 3.63) is 33.4 Å². The maximum atomic E-state index is 12.5. The predicted molar refractivity (Wildman–Crippen MR) is 95.3 cm³/mol. The Morgan fingerprint density at radius 2 is 1.90 bits per heavy atom. The van der Waals surface area contributed by atoms with Crippen molar-refractivity contribution in [1.82, 2.24) is 4.90 Å². The van der Waals surface area contributed by atoms with Crippen molar-refractivity contribution < 1.29 is 33.5 Å². The minimum absolute atomic E-state index is 0.00862. The molecule has 3 aliphatic rings. The Bertz CT molecular complexity index is 859. The van der Waals surface area contributed by atoms with Crippen LogP contribution in [0.1, 0.15) is 36.8 Å². The number of carbonyl (C=O) groups is 3. The van der Waals surface area contributed by atoms with E-state index in [-0.39, 0.29) is 49.3 Å². The second-order valence-electron chi connectivity index (χ2n) is 7.38. The molecule has 0 N–H and O–H groups in total. The van der Waals surface area contributed by atoms with Crippen LogP contribution in [0.15, 0.2) is 12.1 Å². The molecule has 0 aromatic heterocycles. The van der Waals surface area contributed by atoms with Crippen LogP contribution in [0.4, 0.5) is 5.69 Å². The summed E-state index contributed by atoms with van der Waals surface area (Å²) in [6.45, 7) is -0.583. The zero-order chi connectivity index (χ0) is 20.5. The summed E-state index contributed by atoms with van der Waals surface area (Å²) in [4.78, 5) is 48.8. The first-order chi connectivity index (χ1) is 14.0. The lowest BCUT2D eigenvalue weighted by molar-refractivity contribution is -0.385. The number of non-ortho nitro benzene ring substituents is 1. The zero-order valence-electron chi connectivity index (χ0n) is 15.6. The van der Waals surface area contributed by atoms with Gasteiger partial charge in [0, 0.05) is 23.3 Å². The van der Waals surface area contributed by atoms with Crippen LogP contribution in [0.5, 0.6) is 5.75 Å². The van der Waals surface area contributed by atoms with E-state index in [1.54, 1.807) is 0 Å². The summed E-state index contributed by atoms with van der Waals surface area (Å²) >= 11 is 0. The Morgan fingerprint density at radius 1 is 1.21 bits per heavy atom. The number of rotatable bonds is 5. The van der Waals surface area contributed by atoms with Crippen LogP contribution in [0.2, 0.25) is 0 Å². The van der Waals surface area contributed by atoms with E-state index in [0.29, 0.717) is 29.7 Å². The normalized spacial score (nSPS) is 23.2. The first-order valence-electron chi connectivity index (χ1n) is 9.47. The topological polar surface area (TPSA) is 125 Å². The van der Waals surface area contributed by atoms with Gasteiger partial charge in [0.05, 0.1) is 23.4 Å². The van der Waals surface area contributed by atoms with Gasteiger partial charge < -0.3 is 14.2 Å². The molecule has 0 spiro atoms. The van der Waals surface area contributed by atoms with Gasteiger partial charge in [-0.15, -0.1) is 0 Å². The summed E-state index contributed by atoms with van der Waals surface area (Å²) < 4.78 is 15.7. The molecule has 10 nitrogen and oxygen atoms in total. The minimum atomic E-state index is -0.752. The van der Waals surface area contributed by atoms with E-state index in [4.69, 9.17) is 14.2 Å². The fraction of sp³-hybridized carbons (Fsp3) is 0.526. The van der Waals surface area contributed by atoms with Crippen LogP contribution in [0, 0.1) is 22.0 Å². The summed E-state index contributed by atoms with van der Waals surface area (Å²) in [5.41, 5.74) is 0.655. The molecule has 2 heterocycles. The highest BCUT2D eigenvalue weighted by Crippen LogP contribution is 2.38. The standard InChI is InChI=1S/C19H20N2O8/c22-16(7-20-18(23)14-3-1-2-4-15(14)19(20)24)28-9-12-6-13(21(25)26)5-11-8-27-10-29-17(11)12/h5-6,14-15H,1-4,7-10H2/t14-,15+. The Hall–Kier alpha value is -3.01. The molecule has 4 rings (SSSR count). The number of imide groups is 1. The Labute approximate surface area is 165 Å². The van der Waals surface area contributed by atoms with Crippen molar-refractivity contribution in [2.24, 2.45) is 11.8 Å². The molecule has 1 aromatic carbocycles. The molecule has 29 heavy (non-hydrogen) atoms. The average Bonchev–Trinajstić information content (AvgIpc) is 2.97. The molecule has 1 aliphatic carbocycles. The van der Waals surface area contributed by atoms with Gasteiger partial charge in [-0.2, -0.15) is 0 Å². The van der Waals surface area contributed by atoms with Crippen molar-refractivity contribution >= 4 is 23.5 Å². The first-order valence-corrected chi connectivity index (χ1v) is 9.47. The molecule has 10 heteroatoms. The van der Waals surface area contributed by atoms with E-state index >= 15 is 0 Å². The van der Waals surface area contributed by atoms with Crippen molar-refractivity contribution in [2.45, 2.75) is 38.9 Å². The number of hydrogen-bond acceptors (Lipinski definition) is 8. The third kappa shape index (κ3) is 3.67. The van der Waals surface area contributed by atoms with E-state index in [1.807, 2.05) is 0 Å². The molecule has 0 unspecified atom stereocenters. The van der Waals surface area contributed by atoms with Crippen LogP contribution in [-0.2, 0) is 37.1 Å². The van der Waals surface area contributed by atoms with Gasteiger partial charge in [-0.1, -0.05) is 12.8 Å². The summed E-state index contributed by atoms with van der Waals surface area (Å²) in [5.74, 6) is -1.66. The molecule has 1 saturated carbocycles. The van der Waals surface area contributed by atoms with Crippen molar-refractivity contribution in [2.75, 3.05) is 13.3 Å². The van der Waals surface area contributed by atoms with Crippen LogP contribution in [0.25, 0.3) is 0 Å². The molecule has 2 amide bonds. The molecule has 1 saturated heterocycles. The molecule has 2 aliphatic heterocycles. The number of fused-ring (bicyclic) bond motifs is 2. The van der Waals surface area contributed by atoms with E-state index in [1.165, 1.54) is 12.1 Å². The Balaban J connectivity index is 1.44. The lowest BCUT2D eigenvalue weighted by Crippen LogP contribution is -2.36. The number of hydrogen-bond donors (Lipinski definition) is 0. The maximum Gasteiger partial charge on any atom is 0.326 e. The van der Waals surface area contributed by atoms with Gasteiger partial charge in [0.2, 0.25) is 11.8 Å². The Morgan fingerprint density at radius 3 is 2.55 bits per heavy atom. The van der Waals surface area contributed by atoms with Crippen molar-refractivity contribution in [3.63, 3.8) is 0 Å². The second-order valence-corrected chi connectivity index (χ2v) is 7.38. The third-order valence-corrected chi connectivity index (χ3v) is 5.59. The van der Waals surface area contributed by atoms with Gasteiger partial charge in [-0.25, -0.2) is 0 Å². The number of nitrogens with zero attached hydrogens (tertiary/aromatic N) is 2. The van der Waals surface area contributed by atoms with Crippen LogP contribution < -0.4 is 4.74 Å². The first kappa shape index (κ1) is 19.3. The number of nitro groups is 1. The summed E-state index contributed by atoms with van der Waals surface area (Å²) in [6, 6.07) is 2.63. The molecule has 0 bridgehead atoms. The molecule has 0 radical (unpaired) electrons. The van der Waals surface area contributed by atoms with E-state index in [2.05, 4.69) is 0 Å². The van der Waals surface area contributed by atoms with E-state index < -0.39 is 17.4 Å². The van der Waals surface area contributed by atoms with Crippen LogP contribution >= 0.6 is 0 Å². The second kappa shape index (κ2) is 7.78. The molecular weight excluding hydrogens is 384 g/mol. The largest absolute Gasteiger partial charge is 0.467 e. The number of benzene rings is 1. The summed E-state index contributed by atoms with van der Waals surface area (Å²) in [5, 5.41) is 11.1. The van der Waals surface area contributed by atoms with Gasteiger partial charge in [0.15, 0.2) is 6.79 Å². The number of nitro benzene ring substituents is 1. The van der Waals surface area contributed by atoms with Gasteiger partial charge in [0.25, 0.3) is 5.69 Å². The average molecular weight is 404 g/mol. The molecular formula is C19H20N2O8. The van der Waals surface area contributed by atoms with Crippen molar-refractivity contribution in [1.29, 1.82) is 0 Å². The smallest absolute Gasteiger partial charge is 0.326 e. The third-order valence-electron chi connectivity index (χ3n) is 5.59. The molecule has 1 aromatic rings. The summed E-state index contributed by atoms with van der Waals surface area (Å²) in [6.07, 6.45) is 3.14. The van der Waals surface area contributed by atoms with Gasteiger partial charge in [-0.05, 0) is 12.8 Å². The van der Waals surface area contributed by atoms with Gasteiger partial charge in [-0.3, -0.25) is 29.4 Å². The predicted octanol–water partition coefficient (Wildman–Crippen LogP) is 1.68. The highest BCUT2D eigenvalue weighted by Gasteiger charge is 2.48. The van der Waals surface area contributed by atoms with Gasteiger partial charge >= 0.3 is 5.97 Å². The molecule has 2 atom stereocenters. The SMILES string of the molecule is O=C(CN1C(=O)[C@H]2CCCC[C@H]2C1=O)OCc1cc([N+](=O)[O-])cc2c1OCOC2.